The van der Waals surface area contributed by atoms with Crippen LogP contribution in [0.4, 0.5) is 0 Å². The van der Waals surface area contributed by atoms with Gasteiger partial charge in [-0.3, -0.25) is 4.98 Å². The van der Waals surface area contributed by atoms with E-state index in [2.05, 4.69) is 15.0 Å². The molecule has 1 fully saturated rings. The lowest BCUT2D eigenvalue weighted by Crippen LogP contribution is -2.38. The fourth-order valence-corrected chi connectivity index (χ4v) is 3.70. The van der Waals surface area contributed by atoms with Crippen molar-refractivity contribution < 1.29 is 8.42 Å². The van der Waals surface area contributed by atoms with Gasteiger partial charge in [-0.1, -0.05) is 0 Å². The van der Waals surface area contributed by atoms with Gasteiger partial charge in [0.05, 0.1) is 36.4 Å². The molecule has 0 amide bonds. The highest BCUT2D eigenvalue weighted by Gasteiger charge is 2.28. The van der Waals surface area contributed by atoms with Crippen molar-refractivity contribution in [3.63, 3.8) is 0 Å². The molecule has 2 aromatic heterocycles. The van der Waals surface area contributed by atoms with Gasteiger partial charge in [-0.05, 0) is 12.8 Å². The molecule has 118 valence electrons. The first-order valence-corrected chi connectivity index (χ1v) is 9.04. The van der Waals surface area contributed by atoms with Crippen LogP contribution in [0.25, 0.3) is 11.4 Å². The van der Waals surface area contributed by atoms with Crippen LogP contribution in [0.5, 0.6) is 0 Å². The number of piperidine rings is 1. The van der Waals surface area contributed by atoms with E-state index in [1.54, 1.807) is 24.9 Å². The lowest BCUT2D eigenvalue weighted by atomic mass is 9.96. The number of sulfonamides is 1. The van der Waals surface area contributed by atoms with Crippen molar-refractivity contribution in [1.29, 1.82) is 0 Å². The van der Waals surface area contributed by atoms with E-state index in [0.29, 0.717) is 13.1 Å². The van der Waals surface area contributed by atoms with E-state index >= 15 is 0 Å². The summed E-state index contributed by atoms with van der Waals surface area (Å²) in [5.74, 6) is 0.0872. The fraction of sp³-hybridized carbons (Fsp3) is 0.500. The third-order valence-electron chi connectivity index (χ3n) is 4.00. The molecule has 8 heteroatoms. The van der Waals surface area contributed by atoms with Gasteiger partial charge in [0.15, 0.2) is 0 Å². The number of imidazole rings is 1. The number of hydrogen-bond acceptors (Lipinski definition) is 5. The van der Waals surface area contributed by atoms with Crippen LogP contribution in [0.1, 0.15) is 24.5 Å². The van der Waals surface area contributed by atoms with Gasteiger partial charge in [0.2, 0.25) is 10.0 Å². The Morgan fingerprint density at radius 1 is 1.23 bits per heavy atom. The Morgan fingerprint density at radius 3 is 2.73 bits per heavy atom. The Hall–Kier alpha value is -1.80. The molecule has 2 aromatic rings. The van der Waals surface area contributed by atoms with Crippen molar-refractivity contribution >= 4 is 10.0 Å². The smallest absolute Gasteiger partial charge is 0.211 e. The maximum atomic E-state index is 11.7. The molecule has 0 N–H and O–H groups in total. The first-order valence-electron chi connectivity index (χ1n) is 7.19. The molecule has 1 aliphatic heterocycles. The summed E-state index contributed by atoms with van der Waals surface area (Å²) < 4.78 is 26.9. The van der Waals surface area contributed by atoms with Crippen molar-refractivity contribution in [1.82, 2.24) is 23.8 Å². The predicted octanol–water partition coefficient (Wildman–Crippen LogP) is 1.02. The topological polar surface area (TPSA) is 81.0 Å². The summed E-state index contributed by atoms with van der Waals surface area (Å²) >= 11 is 0. The molecule has 1 atom stereocenters. The first-order chi connectivity index (χ1) is 10.4. The van der Waals surface area contributed by atoms with Crippen LogP contribution in [0.3, 0.4) is 0 Å². The second kappa shape index (κ2) is 5.77. The second-order valence-corrected chi connectivity index (χ2v) is 7.66. The summed E-state index contributed by atoms with van der Waals surface area (Å²) in [6.45, 7) is 1.06. The van der Waals surface area contributed by atoms with Crippen molar-refractivity contribution in [3.8, 4) is 11.4 Å². The van der Waals surface area contributed by atoms with Gasteiger partial charge >= 0.3 is 0 Å². The normalized spacial score (nSPS) is 20.2. The van der Waals surface area contributed by atoms with E-state index in [1.807, 2.05) is 11.6 Å². The summed E-state index contributed by atoms with van der Waals surface area (Å²) in [6.07, 6.45) is 9.93. The molecule has 0 aliphatic carbocycles. The highest BCUT2D eigenvalue weighted by Crippen LogP contribution is 2.27. The van der Waals surface area contributed by atoms with Crippen LogP contribution in [-0.4, -0.2) is 51.6 Å². The van der Waals surface area contributed by atoms with E-state index in [0.717, 1.165) is 29.9 Å². The standard InChI is InChI=1S/C14H19N5O2S/c1-18-10-16-8-14(18)13-7-15-6-12(17-13)11-4-3-5-19(9-11)22(2,20)21/h6-8,10-11H,3-5,9H2,1-2H3/t11-/m1/s1. The molecule has 3 heterocycles. The maximum absolute atomic E-state index is 11.7. The van der Waals surface area contributed by atoms with Crippen LogP contribution in [0.15, 0.2) is 24.9 Å². The van der Waals surface area contributed by atoms with Crippen LogP contribution < -0.4 is 0 Å². The zero-order chi connectivity index (χ0) is 15.7. The average molecular weight is 321 g/mol. The molecule has 0 radical (unpaired) electrons. The third-order valence-corrected chi connectivity index (χ3v) is 5.27. The number of hydrogen-bond donors (Lipinski definition) is 0. The predicted molar refractivity (Wildman–Crippen MR) is 82.6 cm³/mol. The van der Waals surface area contributed by atoms with Crippen LogP contribution >= 0.6 is 0 Å². The Kier molecular flexibility index (Phi) is 3.96. The molecule has 7 nitrogen and oxygen atoms in total. The number of nitrogens with zero attached hydrogens (tertiary/aromatic N) is 5. The van der Waals surface area contributed by atoms with Gasteiger partial charge in [0.1, 0.15) is 5.69 Å². The summed E-state index contributed by atoms with van der Waals surface area (Å²) in [6, 6.07) is 0. The largest absolute Gasteiger partial charge is 0.332 e. The van der Waals surface area contributed by atoms with Gasteiger partial charge in [-0.15, -0.1) is 0 Å². The quantitative estimate of drug-likeness (QED) is 0.843. The lowest BCUT2D eigenvalue weighted by Gasteiger charge is -2.30. The van der Waals surface area contributed by atoms with E-state index in [1.165, 1.54) is 10.6 Å². The third kappa shape index (κ3) is 3.02. The first kappa shape index (κ1) is 15.1. The van der Waals surface area contributed by atoms with Crippen molar-refractivity contribution in [3.05, 3.63) is 30.6 Å². The maximum Gasteiger partial charge on any atom is 0.211 e. The van der Waals surface area contributed by atoms with Crippen LogP contribution in [0.2, 0.25) is 0 Å². The Labute approximate surface area is 130 Å². The van der Waals surface area contributed by atoms with Gasteiger partial charge in [0, 0.05) is 32.3 Å². The SMILES string of the molecule is Cn1cncc1-c1cncc([C@@H]2CCCN(S(C)(=O)=O)C2)n1. The average Bonchev–Trinajstić information content (AvgIpc) is 2.93. The highest BCUT2D eigenvalue weighted by molar-refractivity contribution is 7.88. The summed E-state index contributed by atoms with van der Waals surface area (Å²) in [4.78, 5) is 13.0. The Morgan fingerprint density at radius 2 is 2.05 bits per heavy atom. The van der Waals surface area contributed by atoms with Gasteiger partial charge in [0.25, 0.3) is 0 Å². The van der Waals surface area contributed by atoms with Crippen molar-refractivity contribution in [2.24, 2.45) is 7.05 Å². The summed E-state index contributed by atoms with van der Waals surface area (Å²) in [7, 11) is -1.25. The van der Waals surface area contributed by atoms with Gasteiger partial charge < -0.3 is 4.57 Å². The number of aromatic nitrogens is 4. The summed E-state index contributed by atoms with van der Waals surface area (Å²) in [5, 5.41) is 0. The molecule has 3 rings (SSSR count). The molecule has 0 saturated carbocycles. The van der Waals surface area contributed by atoms with Gasteiger partial charge in [-0.25, -0.2) is 22.7 Å². The van der Waals surface area contributed by atoms with Gasteiger partial charge in [-0.2, -0.15) is 0 Å². The molecule has 22 heavy (non-hydrogen) atoms. The molecule has 1 aliphatic rings. The fourth-order valence-electron chi connectivity index (χ4n) is 2.79. The zero-order valence-corrected chi connectivity index (χ0v) is 13.5. The molecular weight excluding hydrogens is 302 g/mol. The van der Waals surface area contributed by atoms with Crippen molar-refractivity contribution in [2.75, 3.05) is 19.3 Å². The summed E-state index contributed by atoms with van der Waals surface area (Å²) in [5.41, 5.74) is 2.49. The van der Waals surface area contributed by atoms with Crippen LogP contribution in [0, 0.1) is 0 Å². The minimum absolute atomic E-state index is 0.0872. The minimum atomic E-state index is -3.16. The van der Waals surface area contributed by atoms with E-state index < -0.39 is 10.0 Å². The van der Waals surface area contributed by atoms with E-state index in [9.17, 15) is 8.42 Å². The lowest BCUT2D eigenvalue weighted by molar-refractivity contribution is 0.314. The van der Waals surface area contributed by atoms with E-state index in [4.69, 9.17) is 0 Å². The highest BCUT2D eigenvalue weighted by atomic mass is 32.2. The van der Waals surface area contributed by atoms with E-state index in [-0.39, 0.29) is 5.92 Å². The Balaban J connectivity index is 1.88. The molecule has 0 bridgehead atoms. The minimum Gasteiger partial charge on any atom is -0.332 e. The molecular formula is C14H19N5O2S. The number of aryl methyl sites for hydroxylation is 1. The number of rotatable bonds is 3. The van der Waals surface area contributed by atoms with Crippen molar-refractivity contribution in [2.45, 2.75) is 18.8 Å². The van der Waals surface area contributed by atoms with Crippen LogP contribution in [-0.2, 0) is 17.1 Å². The Bertz CT molecular complexity index is 771. The monoisotopic (exact) mass is 321 g/mol. The molecule has 0 aromatic carbocycles. The second-order valence-electron chi connectivity index (χ2n) is 5.68. The zero-order valence-electron chi connectivity index (χ0n) is 12.7. The molecule has 1 saturated heterocycles. The molecule has 0 unspecified atom stereocenters. The molecule has 0 spiro atoms.